The van der Waals surface area contributed by atoms with Gasteiger partial charge in [-0.1, -0.05) is 13.8 Å². The largest absolute Gasteiger partial charge is 0.462 e. The number of hydrogen-bond donors (Lipinski definition) is 1. The van der Waals surface area contributed by atoms with Crippen LogP contribution in [-0.2, 0) is 11.2 Å². The van der Waals surface area contributed by atoms with E-state index in [2.05, 4.69) is 13.8 Å². The van der Waals surface area contributed by atoms with Crippen LogP contribution in [0.15, 0.2) is 0 Å². The van der Waals surface area contributed by atoms with Crippen molar-refractivity contribution in [2.75, 3.05) is 12.3 Å². The number of rotatable bonds is 4. The van der Waals surface area contributed by atoms with Crippen molar-refractivity contribution >= 4 is 22.3 Å². The summed E-state index contributed by atoms with van der Waals surface area (Å²) in [5, 5.41) is 0.576. The molecule has 0 aromatic carbocycles. The second-order valence-corrected chi connectivity index (χ2v) is 5.34. The fraction of sp³-hybridized carbons (Fsp3) is 0.583. The molecule has 0 atom stereocenters. The van der Waals surface area contributed by atoms with E-state index in [0.29, 0.717) is 23.1 Å². The molecule has 1 aromatic rings. The molecule has 1 aromatic heterocycles. The second-order valence-electron chi connectivity index (χ2n) is 4.21. The SMILES string of the molecule is CCOC(=O)c1c(N)sc(CC(C)C)c1C. The second kappa shape index (κ2) is 5.34. The van der Waals surface area contributed by atoms with Gasteiger partial charge in [0.25, 0.3) is 0 Å². The normalized spacial score (nSPS) is 10.8. The molecule has 1 rings (SSSR count). The van der Waals surface area contributed by atoms with Crippen LogP contribution in [0.1, 0.15) is 41.6 Å². The van der Waals surface area contributed by atoms with E-state index in [1.807, 2.05) is 6.92 Å². The highest BCUT2D eigenvalue weighted by atomic mass is 32.1. The summed E-state index contributed by atoms with van der Waals surface area (Å²) in [7, 11) is 0. The molecule has 4 heteroatoms. The Hall–Kier alpha value is -1.03. The summed E-state index contributed by atoms with van der Waals surface area (Å²) >= 11 is 1.50. The van der Waals surface area contributed by atoms with Gasteiger partial charge in [0.15, 0.2) is 0 Å². The number of esters is 1. The molecule has 0 spiro atoms. The molecule has 16 heavy (non-hydrogen) atoms. The third-order valence-corrected chi connectivity index (χ3v) is 3.49. The van der Waals surface area contributed by atoms with E-state index in [1.54, 1.807) is 6.92 Å². The molecule has 3 nitrogen and oxygen atoms in total. The number of carbonyl (C=O) groups excluding carboxylic acids is 1. The van der Waals surface area contributed by atoms with Crippen molar-refractivity contribution in [2.24, 2.45) is 5.92 Å². The molecule has 1 heterocycles. The van der Waals surface area contributed by atoms with Gasteiger partial charge in [0.2, 0.25) is 0 Å². The Labute approximate surface area is 101 Å². The van der Waals surface area contributed by atoms with Crippen molar-refractivity contribution in [2.45, 2.75) is 34.1 Å². The first kappa shape index (κ1) is 13.0. The lowest BCUT2D eigenvalue weighted by Crippen LogP contribution is -2.07. The van der Waals surface area contributed by atoms with Crippen molar-refractivity contribution in [3.8, 4) is 0 Å². The number of nitrogen functional groups attached to an aromatic ring is 1. The fourth-order valence-corrected chi connectivity index (χ4v) is 2.88. The van der Waals surface area contributed by atoms with Crippen LogP contribution >= 0.6 is 11.3 Å². The van der Waals surface area contributed by atoms with Crippen molar-refractivity contribution in [1.29, 1.82) is 0 Å². The zero-order chi connectivity index (χ0) is 12.3. The number of thiophene rings is 1. The van der Waals surface area contributed by atoms with Gasteiger partial charge in [-0.15, -0.1) is 11.3 Å². The molecule has 0 aliphatic carbocycles. The van der Waals surface area contributed by atoms with Crippen molar-refractivity contribution in [3.63, 3.8) is 0 Å². The Balaban J connectivity index is 3.02. The molecular formula is C12H19NO2S. The molecule has 90 valence electrons. The lowest BCUT2D eigenvalue weighted by atomic mass is 10.0. The van der Waals surface area contributed by atoms with Crippen LogP contribution in [0.5, 0.6) is 0 Å². The van der Waals surface area contributed by atoms with Crippen LogP contribution in [0.25, 0.3) is 0 Å². The van der Waals surface area contributed by atoms with Gasteiger partial charge in [-0.25, -0.2) is 4.79 Å². The molecule has 0 amide bonds. The van der Waals surface area contributed by atoms with Crippen molar-refractivity contribution in [3.05, 3.63) is 16.0 Å². The third kappa shape index (κ3) is 2.76. The van der Waals surface area contributed by atoms with E-state index in [9.17, 15) is 4.79 Å². The fourth-order valence-electron chi connectivity index (χ4n) is 1.61. The maximum Gasteiger partial charge on any atom is 0.341 e. The van der Waals surface area contributed by atoms with Gasteiger partial charge in [0, 0.05) is 4.88 Å². The van der Waals surface area contributed by atoms with Crippen LogP contribution in [0, 0.1) is 12.8 Å². The van der Waals surface area contributed by atoms with Crippen LogP contribution in [0.4, 0.5) is 5.00 Å². The summed E-state index contributed by atoms with van der Waals surface area (Å²) < 4.78 is 5.00. The van der Waals surface area contributed by atoms with E-state index < -0.39 is 0 Å². The predicted molar refractivity (Wildman–Crippen MR) is 68.0 cm³/mol. The Morgan fingerprint density at radius 3 is 2.62 bits per heavy atom. The Morgan fingerprint density at radius 1 is 1.50 bits per heavy atom. The van der Waals surface area contributed by atoms with E-state index in [1.165, 1.54) is 16.2 Å². The lowest BCUT2D eigenvalue weighted by molar-refractivity contribution is 0.0527. The van der Waals surface area contributed by atoms with Gasteiger partial charge in [-0.3, -0.25) is 0 Å². The standard InChI is InChI=1S/C12H19NO2S/c1-5-15-12(14)10-8(4)9(6-7(2)3)16-11(10)13/h7H,5-6,13H2,1-4H3. The van der Waals surface area contributed by atoms with Crippen LogP contribution in [0.2, 0.25) is 0 Å². The third-order valence-electron chi connectivity index (χ3n) is 2.35. The van der Waals surface area contributed by atoms with E-state index in [-0.39, 0.29) is 5.97 Å². The Bertz CT molecular complexity index is 383. The minimum absolute atomic E-state index is 0.302. The Morgan fingerprint density at radius 2 is 2.12 bits per heavy atom. The molecule has 0 saturated carbocycles. The van der Waals surface area contributed by atoms with E-state index >= 15 is 0 Å². The molecule has 0 unspecified atom stereocenters. The van der Waals surface area contributed by atoms with E-state index in [4.69, 9.17) is 10.5 Å². The molecule has 2 N–H and O–H groups in total. The number of ether oxygens (including phenoxy) is 1. The molecular weight excluding hydrogens is 222 g/mol. The maximum absolute atomic E-state index is 11.7. The summed E-state index contributed by atoms with van der Waals surface area (Å²) in [5.41, 5.74) is 7.41. The number of hydrogen-bond acceptors (Lipinski definition) is 4. The molecule has 0 bridgehead atoms. The van der Waals surface area contributed by atoms with Crippen LogP contribution < -0.4 is 5.73 Å². The number of anilines is 1. The van der Waals surface area contributed by atoms with Gasteiger partial charge in [-0.05, 0) is 31.7 Å². The number of carbonyl (C=O) groups is 1. The molecule has 0 saturated heterocycles. The van der Waals surface area contributed by atoms with Gasteiger partial charge >= 0.3 is 5.97 Å². The lowest BCUT2D eigenvalue weighted by Gasteiger charge is -2.04. The van der Waals surface area contributed by atoms with Gasteiger partial charge < -0.3 is 10.5 Å². The van der Waals surface area contributed by atoms with Crippen molar-refractivity contribution in [1.82, 2.24) is 0 Å². The summed E-state index contributed by atoms with van der Waals surface area (Å²) in [6.45, 7) is 8.42. The summed E-state index contributed by atoms with van der Waals surface area (Å²) in [4.78, 5) is 12.9. The molecule has 0 fully saturated rings. The highest BCUT2D eigenvalue weighted by Gasteiger charge is 2.20. The average Bonchev–Trinajstić information content (AvgIpc) is 2.41. The summed E-state index contributed by atoms with van der Waals surface area (Å²) in [6.07, 6.45) is 0.958. The van der Waals surface area contributed by atoms with Gasteiger partial charge in [0.05, 0.1) is 12.2 Å². The quantitative estimate of drug-likeness (QED) is 0.824. The van der Waals surface area contributed by atoms with Crippen LogP contribution in [-0.4, -0.2) is 12.6 Å². The smallest absolute Gasteiger partial charge is 0.341 e. The van der Waals surface area contributed by atoms with E-state index in [0.717, 1.165) is 12.0 Å². The predicted octanol–water partition coefficient (Wildman–Crippen LogP) is 3.01. The topological polar surface area (TPSA) is 52.3 Å². The highest BCUT2D eigenvalue weighted by molar-refractivity contribution is 7.16. The maximum atomic E-state index is 11.7. The summed E-state index contributed by atoms with van der Waals surface area (Å²) in [6, 6.07) is 0. The molecule has 0 aliphatic rings. The first-order valence-electron chi connectivity index (χ1n) is 5.52. The highest BCUT2D eigenvalue weighted by Crippen LogP contribution is 2.32. The molecule has 0 radical (unpaired) electrons. The van der Waals surface area contributed by atoms with Gasteiger partial charge in [0.1, 0.15) is 5.00 Å². The van der Waals surface area contributed by atoms with Crippen LogP contribution in [0.3, 0.4) is 0 Å². The monoisotopic (exact) mass is 241 g/mol. The number of nitrogens with two attached hydrogens (primary N) is 1. The van der Waals surface area contributed by atoms with Gasteiger partial charge in [-0.2, -0.15) is 0 Å². The Kier molecular flexibility index (Phi) is 4.35. The zero-order valence-corrected chi connectivity index (χ0v) is 11.1. The van der Waals surface area contributed by atoms with Crippen molar-refractivity contribution < 1.29 is 9.53 Å². The first-order valence-corrected chi connectivity index (χ1v) is 6.33. The minimum Gasteiger partial charge on any atom is -0.462 e. The first-order chi connectivity index (χ1) is 7.47. The summed E-state index contributed by atoms with van der Waals surface area (Å²) in [5.74, 6) is 0.260. The molecule has 0 aliphatic heterocycles. The minimum atomic E-state index is -0.302. The zero-order valence-electron chi connectivity index (χ0n) is 10.3. The average molecular weight is 241 g/mol.